The lowest BCUT2D eigenvalue weighted by Crippen LogP contribution is -2.30. The van der Waals surface area contributed by atoms with Crippen LogP contribution in [0.3, 0.4) is 0 Å². The Bertz CT molecular complexity index is 1370. The van der Waals surface area contributed by atoms with E-state index in [-0.39, 0.29) is 53.4 Å². The van der Waals surface area contributed by atoms with Crippen molar-refractivity contribution in [1.82, 2.24) is 30.3 Å². The molecule has 11 heteroatoms. The minimum atomic E-state index is -4.74. The van der Waals surface area contributed by atoms with E-state index < -0.39 is 17.4 Å². The predicted molar refractivity (Wildman–Crippen MR) is 144 cm³/mol. The van der Waals surface area contributed by atoms with E-state index in [1.807, 2.05) is 4.90 Å². The molecule has 1 amide bonds. The number of carbonyl (C=O) groups excluding carboxylic acids is 1. The highest BCUT2D eigenvalue weighted by Crippen LogP contribution is 2.36. The Balaban J connectivity index is 1.58. The Morgan fingerprint density at radius 1 is 1.28 bits per heavy atom. The van der Waals surface area contributed by atoms with Crippen LogP contribution in [0.5, 0.6) is 0 Å². The molecule has 1 aliphatic carbocycles. The average Bonchev–Trinajstić information content (AvgIpc) is 3.62. The second-order valence-electron chi connectivity index (χ2n) is 9.52. The van der Waals surface area contributed by atoms with Crippen molar-refractivity contribution < 1.29 is 22.4 Å². The van der Waals surface area contributed by atoms with Crippen molar-refractivity contribution in [2.45, 2.75) is 31.5 Å². The SMILES string of the molecule is C=Cc1c(C(=C)NC2=C(F)CN(C)CC2)cc(/C=C/CNC(=O)c2ccnn2C2CC2)nc1C(=C)C(F)(F)F. The number of halogens is 4. The molecule has 0 unspecified atom stereocenters. The van der Waals surface area contributed by atoms with Crippen LogP contribution in [-0.2, 0) is 0 Å². The normalized spacial score (nSPS) is 16.4. The highest BCUT2D eigenvalue weighted by atomic mass is 19.4. The van der Waals surface area contributed by atoms with Crippen LogP contribution in [-0.4, -0.2) is 58.4 Å². The molecule has 0 saturated heterocycles. The second kappa shape index (κ2) is 11.4. The number of carbonyl (C=O) groups is 1. The van der Waals surface area contributed by atoms with E-state index in [0.29, 0.717) is 24.4 Å². The van der Waals surface area contributed by atoms with Crippen LogP contribution in [0.25, 0.3) is 23.4 Å². The summed E-state index contributed by atoms with van der Waals surface area (Å²) in [6.45, 7) is 11.7. The Labute approximate surface area is 224 Å². The molecule has 3 heterocycles. The molecule has 206 valence electrons. The number of alkyl halides is 3. The quantitative estimate of drug-likeness (QED) is 0.396. The summed E-state index contributed by atoms with van der Waals surface area (Å²) in [7, 11) is 1.79. The number of amides is 1. The van der Waals surface area contributed by atoms with Crippen molar-refractivity contribution in [1.29, 1.82) is 0 Å². The Morgan fingerprint density at radius 3 is 2.67 bits per heavy atom. The molecule has 2 aliphatic rings. The average molecular weight is 543 g/mol. The number of hydrogen-bond donors (Lipinski definition) is 2. The van der Waals surface area contributed by atoms with Crippen molar-refractivity contribution in [3.63, 3.8) is 0 Å². The van der Waals surface area contributed by atoms with Crippen LogP contribution >= 0.6 is 0 Å². The van der Waals surface area contributed by atoms with Gasteiger partial charge in [0, 0.05) is 48.2 Å². The number of hydrogen-bond acceptors (Lipinski definition) is 5. The lowest BCUT2D eigenvalue weighted by Gasteiger charge is -2.26. The van der Waals surface area contributed by atoms with Gasteiger partial charge in [0.2, 0.25) is 0 Å². The van der Waals surface area contributed by atoms with Gasteiger partial charge in [-0.3, -0.25) is 14.4 Å². The third-order valence-corrected chi connectivity index (χ3v) is 6.48. The van der Waals surface area contributed by atoms with Crippen LogP contribution < -0.4 is 10.6 Å². The molecule has 0 radical (unpaired) electrons. The van der Waals surface area contributed by atoms with E-state index in [1.54, 1.807) is 30.1 Å². The van der Waals surface area contributed by atoms with Crippen LogP contribution in [0.4, 0.5) is 17.6 Å². The topological polar surface area (TPSA) is 75.1 Å². The number of rotatable bonds is 10. The van der Waals surface area contributed by atoms with Gasteiger partial charge in [-0.25, -0.2) is 9.37 Å². The first-order valence-corrected chi connectivity index (χ1v) is 12.4. The van der Waals surface area contributed by atoms with Crippen LogP contribution in [0.1, 0.15) is 58.3 Å². The van der Waals surface area contributed by atoms with Gasteiger partial charge in [-0.15, -0.1) is 0 Å². The maximum Gasteiger partial charge on any atom is 0.417 e. The molecule has 1 fully saturated rings. The Kier molecular flexibility index (Phi) is 8.19. The zero-order valence-electron chi connectivity index (χ0n) is 21.6. The molecule has 2 aromatic heterocycles. The van der Waals surface area contributed by atoms with Gasteiger partial charge in [0.05, 0.1) is 29.5 Å². The summed E-state index contributed by atoms with van der Waals surface area (Å²) in [6, 6.07) is 3.41. The van der Waals surface area contributed by atoms with Gasteiger partial charge in [-0.05, 0) is 38.1 Å². The second-order valence-corrected chi connectivity index (χ2v) is 9.52. The first-order valence-electron chi connectivity index (χ1n) is 12.4. The molecule has 4 rings (SSSR count). The van der Waals surface area contributed by atoms with Gasteiger partial charge in [0.25, 0.3) is 5.91 Å². The minimum Gasteiger partial charge on any atom is -0.357 e. The highest BCUT2D eigenvalue weighted by Gasteiger charge is 2.36. The Morgan fingerprint density at radius 2 is 2.03 bits per heavy atom. The third-order valence-electron chi connectivity index (χ3n) is 6.48. The molecule has 0 bridgehead atoms. The van der Waals surface area contributed by atoms with E-state index in [9.17, 15) is 22.4 Å². The zero-order valence-corrected chi connectivity index (χ0v) is 21.6. The first-order chi connectivity index (χ1) is 18.5. The molecule has 39 heavy (non-hydrogen) atoms. The van der Waals surface area contributed by atoms with Crippen molar-refractivity contribution in [2.75, 3.05) is 26.7 Å². The summed E-state index contributed by atoms with van der Waals surface area (Å²) >= 11 is 0. The number of nitrogens with zero attached hydrogens (tertiary/aromatic N) is 4. The van der Waals surface area contributed by atoms with Crippen molar-refractivity contribution in [3.05, 3.63) is 83.9 Å². The van der Waals surface area contributed by atoms with E-state index in [4.69, 9.17) is 0 Å². The van der Waals surface area contributed by atoms with Crippen molar-refractivity contribution >= 4 is 29.3 Å². The molecule has 1 aliphatic heterocycles. The minimum absolute atomic E-state index is 0.0718. The highest BCUT2D eigenvalue weighted by molar-refractivity contribution is 5.92. The number of likely N-dealkylation sites (N-methyl/N-ethyl adjacent to an activating group) is 1. The Hall–Kier alpha value is -3.99. The van der Waals surface area contributed by atoms with Gasteiger partial charge in [-0.2, -0.15) is 18.3 Å². The summed E-state index contributed by atoms with van der Waals surface area (Å²) in [5.41, 5.74) is -0.0572. The molecule has 2 aromatic rings. The maximum absolute atomic E-state index is 14.5. The monoisotopic (exact) mass is 542 g/mol. The fraction of sp³-hybridized carbons (Fsp3) is 0.321. The molecular weight excluding hydrogens is 512 g/mol. The number of pyridine rings is 1. The molecule has 7 nitrogen and oxygen atoms in total. The smallest absolute Gasteiger partial charge is 0.357 e. The molecule has 0 spiro atoms. The van der Waals surface area contributed by atoms with Crippen LogP contribution in [0, 0.1) is 0 Å². The van der Waals surface area contributed by atoms with Crippen LogP contribution in [0.2, 0.25) is 0 Å². The molecule has 0 atom stereocenters. The number of nitrogens with one attached hydrogen (secondary N) is 2. The number of allylic oxidation sites excluding steroid dienone is 1. The fourth-order valence-electron chi connectivity index (χ4n) is 4.24. The molecule has 2 N–H and O–H groups in total. The summed E-state index contributed by atoms with van der Waals surface area (Å²) in [5.74, 6) is -0.672. The number of aromatic nitrogens is 3. The standard InChI is InChI=1S/C28H30F4N6O/c1-5-21-22(18(3)35-24-11-14-37(4)16-23(24)29)15-19(36-26(21)17(2)28(30,31)32)7-6-12-33-27(39)25-10-13-34-38(25)20-8-9-20/h5-7,10,13,15,20,35H,1-3,8-9,11-12,14,16H2,4H3,(H,33,39)/b7-6+. The van der Waals surface area contributed by atoms with E-state index in [0.717, 1.165) is 12.8 Å². The van der Waals surface area contributed by atoms with Crippen LogP contribution in [0.15, 0.2) is 55.7 Å². The summed E-state index contributed by atoms with van der Waals surface area (Å²) < 4.78 is 57.2. The van der Waals surface area contributed by atoms with Gasteiger partial charge in [0.15, 0.2) is 0 Å². The van der Waals surface area contributed by atoms with Gasteiger partial charge < -0.3 is 10.6 Å². The molecular formula is C28H30F4N6O. The molecule has 0 aromatic carbocycles. The van der Waals surface area contributed by atoms with E-state index >= 15 is 0 Å². The summed E-state index contributed by atoms with van der Waals surface area (Å²) in [5, 5.41) is 9.88. The largest absolute Gasteiger partial charge is 0.417 e. The lowest BCUT2D eigenvalue weighted by atomic mass is 9.98. The van der Waals surface area contributed by atoms with Gasteiger partial charge in [-0.1, -0.05) is 31.9 Å². The summed E-state index contributed by atoms with van der Waals surface area (Å²) in [4.78, 5) is 18.5. The molecule has 1 saturated carbocycles. The lowest BCUT2D eigenvalue weighted by molar-refractivity contribution is -0.0689. The maximum atomic E-state index is 14.5. The van der Waals surface area contributed by atoms with Gasteiger partial charge in [0.1, 0.15) is 11.5 Å². The predicted octanol–water partition coefficient (Wildman–Crippen LogP) is 5.35. The fourth-order valence-corrected chi connectivity index (χ4v) is 4.24. The third kappa shape index (κ3) is 6.54. The van der Waals surface area contributed by atoms with Crippen molar-refractivity contribution in [2.24, 2.45) is 0 Å². The van der Waals surface area contributed by atoms with E-state index in [1.165, 1.54) is 18.2 Å². The first kappa shape index (κ1) is 28.0. The summed E-state index contributed by atoms with van der Waals surface area (Å²) in [6.07, 6.45) is 3.49. The zero-order chi connectivity index (χ0) is 28.3. The van der Waals surface area contributed by atoms with E-state index in [2.05, 4.69) is 40.5 Å². The van der Waals surface area contributed by atoms with Gasteiger partial charge >= 0.3 is 6.18 Å². The van der Waals surface area contributed by atoms with Crippen molar-refractivity contribution in [3.8, 4) is 0 Å².